The second-order valence-electron chi connectivity index (χ2n) is 7.76. The van der Waals surface area contributed by atoms with Crippen molar-refractivity contribution in [3.05, 3.63) is 58.9 Å². The van der Waals surface area contributed by atoms with Crippen molar-refractivity contribution in [3.8, 4) is 5.75 Å². The molecule has 0 aliphatic carbocycles. The van der Waals surface area contributed by atoms with Crippen LogP contribution in [-0.2, 0) is 6.54 Å². The summed E-state index contributed by atoms with van der Waals surface area (Å²) in [7, 11) is 0. The smallest absolute Gasteiger partial charge is 0.119 e. The average molecular weight is 354 g/mol. The van der Waals surface area contributed by atoms with Crippen molar-refractivity contribution in [2.24, 2.45) is 0 Å². The van der Waals surface area contributed by atoms with Crippen LogP contribution in [0.1, 0.15) is 41.5 Å². The molecule has 1 aromatic heterocycles. The third-order valence-corrected chi connectivity index (χ3v) is 5.33. The van der Waals surface area contributed by atoms with Crippen LogP contribution in [0.15, 0.2) is 36.7 Å². The standard InChI is InChI=1S/C22H30N2O2/c1-17-11-20(14-23-13-17)15-24-9-4-7-22(25,8-10-24)16-26-21-6-5-18(2)19(3)12-21/h5-6,11-14,25H,4,7-10,15-16H2,1-3H3. The van der Waals surface area contributed by atoms with Gasteiger partial charge in [0.15, 0.2) is 0 Å². The van der Waals surface area contributed by atoms with E-state index in [1.54, 1.807) is 0 Å². The van der Waals surface area contributed by atoms with Gasteiger partial charge in [0.2, 0.25) is 0 Å². The molecule has 1 atom stereocenters. The van der Waals surface area contributed by atoms with E-state index in [4.69, 9.17) is 4.74 Å². The number of pyridine rings is 1. The zero-order valence-electron chi connectivity index (χ0n) is 16.2. The third kappa shape index (κ3) is 5.05. The number of aliphatic hydroxyl groups is 1. The second kappa shape index (κ2) is 8.19. The molecule has 26 heavy (non-hydrogen) atoms. The van der Waals surface area contributed by atoms with Crippen LogP contribution >= 0.6 is 0 Å². The SMILES string of the molecule is Cc1cncc(CN2CCCC(O)(COc3ccc(C)c(C)c3)CC2)c1. The van der Waals surface area contributed by atoms with Crippen molar-refractivity contribution >= 4 is 0 Å². The van der Waals surface area contributed by atoms with Gasteiger partial charge in [0, 0.05) is 25.5 Å². The molecule has 2 heterocycles. The fourth-order valence-electron chi connectivity index (χ4n) is 3.52. The second-order valence-corrected chi connectivity index (χ2v) is 7.76. The predicted molar refractivity (Wildman–Crippen MR) is 104 cm³/mol. The van der Waals surface area contributed by atoms with Crippen LogP contribution < -0.4 is 4.74 Å². The van der Waals surface area contributed by atoms with Gasteiger partial charge >= 0.3 is 0 Å². The maximum Gasteiger partial charge on any atom is 0.119 e. The van der Waals surface area contributed by atoms with Crippen molar-refractivity contribution in [1.29, 1.82) is 0 Å². The van der Waals surface area contributed by atoms with Gasteiger partial charge in [-0.2, -0.15) is 0 Å². The Morgan fingerprint density at radius 1 is 1.08 bits per heavy atom. The minimum Gasteiger partial charge on any atom is -0.491 e. The summed E-state index contributed by atoms with van der Waals surface area (Å²) in [4.78, 5) is 6.69. The molecular formula is C22H30N2O2. The van der Waals surface area contributed by atoms with E-state index in [1.807, 2.05) is 24.5 Å². The molecule has 1 aliphatic rings. The highest BCUT2D eigenvalue weighted by molar-refractivity contribution is 5.33. The van der Waals surface area contributed by atoms with E-state index >= 15 is 0 Å². The minimum absolute atomic E-state index is 0.356. The highest BCUT2D eigenvalue weighted by Gasteiger charge is 2.31. The number of aryl methyl sites for hydroxylation is 3. The topological polar surface area (TPSA) is 45.6 Å². The van der Waals surface area contributed by atoms with Gasteiger partial charge in [-0.25, -0.2) is 0 Å². The molecule has 4 heteroatoms. The molecule has 1 saturated heterocycles. The molecule has 0 saturated carbocycles. The number of ether oxygens (including phenoxy) is 1. The van der Waals surface area contributed by atoms with E-state index in [1.165, 1.54) is 22.3 Å². The summed E-state index contributed by atoms with van der Waals surface area (Å²) in [6.07, 6.45) is 6.31. The first-order valence-corrected chi connectivity index (χ1v) is 9.49. The molecule has 0 bridgehead atoms. The molecule has 0 amide bonds. The van der Waals surface area contributed by atoms with Gasteiger partial charge in [-0.05, 0) is 81.0 Å². The lowest BCUT2D eigenvalue weighted by atomic mass is 9.96. The first-order chi connectivity index (χ1) is 12.4. The summed E-state index contributed by atoms with van der Waals surface area (Å²) in [6, 6.07) is 8.29. The molecule has 0 radical (unpaired) electrons. The van der Waals surface area contributed by atoms with E-state index in [-0.39, 0.29) is 0 Å². The monoisotopic (exact) mass is 354 g/mol. The molecule has 3 rings (SSSR count). The predicted octanol–water partition coefficient (Wildman–Crippen LogP) is 3.80. The Morgan fingerprint density at radius 3 is 2.69 bits per heavy atom. The van der Waals surface area contributed by atoms with Gasteiger partial charge in [0.25, 0.3) is 0 Å². The summed E-state index contributed by atoms with van der Waals surface area (Å²) in [5.41, 5.74) is 4.15. The molecule has 1 aromatic carbocycles. The maximum atomic E-state index is 11.0. The normalized spacial score (nSPS) is 21.4. The zero-order valence-corrected chi connectivity index (χ0v) is 16.2. The molecule has 2 aromatic rings. The van der Waals surface area contributed by atoms with E-state index in [0.717, 1.165) is 44.6 Å². The Morgan fingerprint density at radius 2 is 1.92 bits per heavy atom. The molecule has 1 unspecified atom stereocenters. The number of benzene rings is 1. The fourth-order valence-corrected chi connectivity index (χ4v) is 3.52. The first-order valence-electron chi connectivity index (χ1n) is 9.49. The maximum absolute atomic E-state index is 11.0. The Kier molecular flexibility index (Phi) is 5.94. The molecule has 1 fully saturated rings. The number of aromatic nitrogens is 1. The van der Waals surface area contributed by atoms with E-state index in [9.17, 15) is 5.11 Å². The van der Waals surface area contributed by atoms with Crippen LogP contribution in [-0.4, -0.2) is 40.3 Å². The van der Waals surface area contributed by atoms with Gasteiger partial charge in [-0.1, -0.05) is 12.1 Å². The molecule has 140 valence electrons. The molecular weight excluding hydrogens is 324 g/mol. The van der Waals surface area contributed by atoms with E-state index < -0.39 is 5.60 Å². The molecule has 1 aliphatic heterocycles. The summed E-state index contributed by atoms with van der Waals surface area (Å²) < 4.78 is 5.93. The van der Waals surface area contributed by atoms with Crippen molar-refractivity contribution in [2.75, 3.05) is 19.7 Å². The number of rotatable bonds is 5. The largest absolute Gasteiger partial charge is 0.491 e. The summed E-state index contributed by atoms with van der Waals surface area (Å²) in [5, 5.41) is 11.0. The Labute approximate surface area is 156 Å². The van der Waals surface area contributed by atoms with Gasteiger partial charge < -0.3 is 9.84 Å². The molecule has 1 N–H and O–H groups in total. The van der Waals surface area contributed by atoms with Crippen LogP contribution in [0.3, 0.4) is 0 Å². The Bertz CT molecular complexity index is 747. The van der Waals surface area contributed by atoms with E-state index in [0.29, 0.717) is 6.61 Å². The highest BCUT2D eigenvalue weighted by atomic mass is 16.5. The number of nitrogens with zero attached hydrogens (tertiary/aromatic N) is 2. The number of hydrogen-bond donors (Lipinski definition) is 1. The quantitative estimate of drug-likeness (QED) is 0.887. The van der Waals surface area contributed by atoms with Crippen LogP contribution in [0, 0.1) is 20.8 Å². The lowest BCUT2D eigenvalue weighted by Crippen LogP contribution is -2.37. The van der Waals surface area contributed by atoms with Crippen LogP contribution in [0.4, 0.5) is 0 Å². The lowest BCUT2D eigenvalue weighted by Gasteiger charge is -2.27. The van der Waals surface area contributed by atoms with Crippen molar-refractivity contribution < 1.29 is 9.84 Å². The van der Waals surface area contributed by atoms with Crippen LogP contribution in [0.5, 0.6) is 5.75 Å². The van der Waals surface area contributed by atoms with Crippen molar-refractivity contribution in [2.45, 2.75) is 52.2 Å². The third-order valence-electron chi connectivity index (χ3n) is 5.33. The van der Waals surface area contributed by atoms with E-state index in [2.05, 4.69) is 42.8 Å². The van der Waals surface area contributed by atoms with Crippen LogP contribution in [0.25, 0.3) is 0 Å². The summed E-state index contributed by atoms with van der Waals surface area (Å²) in [5.74, 6) is 0.841. The van der Waals surface area contributed by atoms with Crippen molar-refractivity contribution in [3.63, 3.8) is 0 Å². The van der Waals surface area contributed by atoms with Gasteiger partial charge in [-0.15, -0.1) is 0 Å². The van der Waals surface area contributed by atoms with Crippen LogP contribution in [0.2, 0.25) is 0 Å². The number of likely N-dealkylation sites (tertiary alicyclic amines) is 1. The fraction of sp³-hybridized carbons (Fsp3) is 0.500. The highest BCUT2D eigenvalue weighted by Crippen LogP contribution is 2.25. The lowest BCUT2D eigenvalue weighted by molar-refractivity contribution is -0.0168. The molecule has 0 spiro atoms. The summed E-state index contributed by atoms with van der Waals surface area (Å²) >= 11 is 0. The first kappa shape index (κ1) is 18.9. The van der Waals surface area contributed by atoms with Gasteiger partial charge in [0.1, 0.15) is 12.4 Å². The minimum atomic E-state index is -0.752. The summed E-state index contributed by atoms with van der Waals surface area (Å²) in [6.45, 7) is 9.37. The Hall–Kier alpha value is -1.91. The zero-order chi connectivity index (χ0) is 18.6. The average Bonchev–Trinajstić information content (AvgIpc) is 2.78. The van der Waals surface area contributed by atoms with Crippen molar-refractivity contribution in [1.82, 2.24) is 9.88 Å². The van der Waals surface area contributed by atoms with Gasteiger partial charge in [0.05, 0.1) is 5.60 Å². The number of hydrogen-bond acceptors (Lipinski definition) is 4. The molecule has 4 nitrogen and oxygen atoms in total. The Balaban J connectivity index is 1.55. The van der Waals surface area contributed by atoms with Gasteiger partial charge in [-0.3, -0.25) is 9.88 Å².